The van der Waals surface area contributed by atoms with Gasteiger partial charge in [-0.25, -0.2) is 9.48 Å². The van der Waals surface area contributed by atoms with Gasteiger partial charge in [0.05, 0.1) is 6.54 Å². The maximum Gasteiger partial charge on any atom is 0.345 e. The average Bonchev–Trinajstić information content (AvgIpc) is 2.93. The van der Waals surface area contributed by atoms with Crippen LogP contribution in [0.4, 0.5) is 5.69 Å². The Morgan fingerprint density at radius 1 is 0.968 bits per heavy atom. The van der Waals surface area contributed by atoms with Crippen molar-refractivity contribution in [3.8, 4) is 0 Å². The lowest BCUT2D eigenvalue weighted by atomic mass is 10.1. The molecule has 166 valence electrons. The Balaban J connectivity index is 1.31. The van der Waals surface area contributed by atoms with Gasteiger partial charge in [-0.3, -0.25) is 19.1 Å². The number of aromatic nitrogens is 3. The predicted octanol–water partition coefficient (Wildman–Crippen LogP) is 1.19. The minimum Gasteiger partial charge on any atom is -0.337 e. The summed E-state index contributed by atoms with van der Waals surface area (Å²) in [5.74, 6) is 0.785. The van der Waals surface area contributed by atoms with Crippen molar-refractivity contribution in [2.45, 2.75) is 45.7 Å². The second kappa shape index (κ2) is 9.47. The third kappa shape index (κ3) is 5.04. The number of carbonyl (C=O) groups is 2. The average molecular weight is 427 g/mol. The van der Waals surface area contributed by atoms with E-state index >= 15 is 0 Å². The predicted molar refractivity (Wildman–Crippen MR) is 117 cm³/mol. The summed E-state index contributed by atoms with van der Waals surface area (Å²) in [6.45, 7) is 6.61. The highest BCUT2D eigenvalue weighted by molar-refractivity contribution is 5.95. The van der Waals surface area contributed by atoms with E-state index in [2.05, 4.69) is 15.3 Å². The molecule has 0 saturated carbocycles. The van der Waals surface area contributed by atoms with Crippen molar-refractivity contribution in [2.75, 3.05) is 38.0 Å². The Bertz CT molecular complexity index is 994. The Morgan fingerprint density at radius 2 is 1.77 bits per heavy atom. The van der Waals surface area contributed by atoms with Crippen LogP contribution in [-0.4, -0.2) is 68.7 Å². The molecule has 1 aromatic heterocycles. The summed E-state index contributed by atoms with van der Waals surface area (Å²) >= 11 is 0. The van der Waals surface area contributed by atoms with Crippen LogP contribution in [0.5, 0.6) is 0 Å². The standard InChI is InChI=1S/C22H30N6O3/c1-17(29)23-19-8-6-18(7-9-19)21(30)26-11-4-10-25(13-15-26)14-16-28-22(31)27-12-3-2-5-20(27)24-28/h6-9H,2-5,10-16H2,1H3,(H,23,29). The van der Waals surface area contributed by atoms with Crippen LogP contribution in [0.1, 0.15) is 42.4 Å². The van der Waals surface area contributed by atoms with E-state index in [1.165, 1.54) is 6.92 Å². The third-order valence-corrected chi connectivity index (χ3v) is 5.99. The van der Waals surface area contributed by atoms with Crippen molar-refractivity contribution in [3.05, 3.63) is 46.1 Å². The Kier molecular flexibility index (Phi) is 6.50. The fraction of sp³-hybridized carbons (Fsp3) is 0.545. The van der Waals surface area contributed by atoms with E-state index in [1.54, 1.807) is 28.9 Å². The molecule has 0 atom stereocenters. The fourth-order valence-corrected chi connectivity index (χ4v) is 4.31. The van der Waals surface area contributed by atoms with Crippen LogP contribution in [0.15, 0.2) is 29.1 Å². The molecule has 0 radical (unpaired) electrons. The molecular weight excluding hydrogens is 396 g/mol. The van der Waals surface area contributed by atoms with E-state index < -0.39 is 0 Å². The largest absolute Gasteiger partial charge is 0.345 e. The molecule has 4 rings (SSSR count). The minimum absolute atomic E-state index is 0.00374. The molecule has 2 aliphatic rings. The van der Waals surface area contributed by atoms with E-state index in [1.807, 2.05) is 9.47 Å². The van der Waals surface area contributed by atoms with Crippen LogP contribution in [0, 0.1) is 0 Å². The Hall–Kier alpha value is -2.94. The molecule has 1 fully saturated rings. The van der Waals surface area contributed by atoms with Crippen LogP contribution in [-0.2, 0) is 24.3 Å². The van der Waals surface area contributed by atoms with E-state index in [0.717, 1.165) is 57.7 Å². The zero-order valence-corrected chi connectivity index (χ0v) is 18.0. The molecule has 0 spiro atoms. The molecule has 2 amide bonds. The van der Waals surface area contributed by atoms with Crippen molar-refractivity contribution in [1.29, 1.82) is 0 Å². The van der Waals surface area contributed by atoms with Crippen molar-refractivity contribution >= 4 is 17.5 Å². The van der Waals surface area contributed by atoms with Gasteiger partial charge in [0.2, 0.25) is 5.91 Å². The summed E-state index contributed by atoms with van der Waals surface area (Å²) < 4.78 is 3.41. The third-order valence-electron chi connectivity index (χ3n) is 5.99. The summed E-state index contributed by atoms with van der Waals surface area (Å²) in [6.07, 6.45) is 3.92. The van der Waals surface area contributed by atoms with Gasteiger partial charge < -0.3 is 10.2 Å². The molecule has 1 aromatic carbocycles. The normalized spacial score (nSPS) is 17.1. The molecule has 0 aliphatic carbocycles. The lowest BCUT2D eigenvalue weighted by Crippen LogP contribution is -2.37. The number of hydrogen-bond donors (Lipinski definition) is 1. The van der Waals surface area contributed by atoms with Crippen molar-refractivity contribution < 1.29 is 9.59 Å². The SMILES string of the molecule is CC(=O)Nc1ccc(C(=O)N2CCCN(CCn3nc4n(c3=O)CCCC4)CC2)cc1. The van der Waals surface area contributed by atoms with Crippen molar-refractivity contribution in [3.63, 3.8) is 0 Å². The molecule has 1 N–H and O–H groups in total. The first-order valence-corrected chi connectivity index (χ1v) is 11.1. The summed E-state index contributed by atoms with van der Waals surface area (Å²) in [6, 6.07) is 7.01. The van der Waals surface area contributed by atoms with E-state index in [9.17, 15) is 14.4 Å². The monoisotopic (exact) mass is 426 g/mol. The maximum absolute atomic E-state index is 12.9. The van der Waals surface area contributed by atoms with Gasteiger partial charge in [-0.05, 0) is 50.1 Å². The molecule has 31 heavy (non-hydrogen) atoms. The minimum atomic E-state index is -0.135. The Labute approximate surface area is 181 Å². The maximum atomic E-state index is 12.9. The van der Waals surface area contributed by atoms with Gasteiger partial charge in [-0.2, -0.15) is 5.10 Å². The first-order chi connectivity index (χ1) is 15.0. The van der Waals surface area contributed by atoms with Gasteiger partial charge in [0.25, 0.3) is 5.91 Å². The number of nitrogens with one attached hydrogen (secondary N) is 1. The molecule has 2 aliphatic heterocycles. The molecule has 1 saturated heterocycles. The molecule has 3 heterocycles. The quantitative estimate of drug-likeness (QED) is 0.775. The highest BCUT2D eigenvalue weighted by Gasteiger charge is 2.21. The summed E-state index contributed by atoms with van der Waals surface area (Å²) in [5, 5.41) is 7.23. The number of anilines is 1. The highest BCUT2D eigenvalue weighted by Crippen LogP contribution is 2.14. The molecular formula is C22H30N6O3. The lowest BCUT2D eigenvalue weighted by Gasteiger charge is -2.22. The number of nitrogens with zero attached hydrogens (tertiary/aromatic N) is 5. The van der Waals surface area contributed by atoms with Gasteiger partial charge in [-0.15, -0.1) is 0 Å². The number of fused-ring (bicyclic) bond motifs is 1. The number of rotatable bonds is 5. The number of benzene rings is 1. The van der Waals surface area contributed by atoms with Crippen LogP contribution in [0.3, 0.4) is 0 Å². The summed E-state index contributed by atoms with van der Waals surface area (Å²) in [5.41, 5.74) is 1.31. The van der Waals surface area contributed by atoms with Gasteiger partial charge >= 0.3 is 5.69 Å². The van der Waals surface area contributed by atoms with Crippen LogP contribution in [0.25, 0.3) is 0 Å². The second-order valence-corrected chi connectivity index (χ2v) is 8.28. The van der Waals surface area contributed by atoms with Gasteiger partial charge in [0.1, 0.15) is 5.82 Å². The number of aryl methyl sites for hydroxylation is 1. The van der Waals surface area contributed by atoms with Gasteiger partial charge in [0.15, 0.2) is 0 Å². The molecule has 0 unspecified atom stereocenters. The fourth-order valence-electron chi connectivity index (χ4n) is 4.31. The molecule has 9 heteroatoms. The second-order valence-electron chi connectivity index (χ2n) is 8.28. The molecule has 0 bridgehead atoms. The number of carbonyl (C=O) groups excluding carboxylic acids is 2. The van der Waals surface area contributed by atoms with Gasteiger partial charge in [0, 0.05) is 57.3 Å². The zero-order chi connectivity index (χ0) is 21.8. The van der Waals surface area contributed by atoms with E-state index in [0.29, 0.717) is 30.9 Å². The topological polar surface area (TPSA) is 92.5 Å². The summed E-state index contributed by atoms with van der Waals surface area (Å²) in [7, 11) is 0. The highest BCUT2D eigenvalue weighted by atomic mass is 16.2. The first-order valence-electron chi connectivity index (χ1n) is 11.1. The van der Waals surface area contributed by atoms with Gasteiger partial charge in [-0.1, -0.05) is 0 Å². The smallest absolute Gasteiger partial charge is 0.337 e. The van der Waals surface area contributed by atoms with Crippen LogP contribution < -0.4 is 11.0 Å². The lowest BCUT2D eigenvalue weighted by molar-refractivity contribution is -0.114. The number of amides is 2. The number of hydrogen-bond acceptors (Lipinski definition) is 5. The van der Waals surface area contributed by atoms with Crippen molar-refractivity contribution in [2.24, 2.45) is 0 Å². The zero-order valence-electron chi connectivity index (χ0n) is 18.0. The van der Waals surface area contributed by atoms with Crippen molar-refractivity contribution in [1.82, 2.24) is 24.1 Å². The summed E-state index contributed by atoms with van der Waals surface area (Å²) in [4.78, 5) is 40.7. The molecule has 2 aromatic rings. The molecule has 9 nitrogen and oxygen atoms in total. The first kappa shape index (κ1) is 21.3. The van der Waals surface area contributed by atoms with E-state index in [-0.39, 0.29) is 17.5 Å². The Morgan fingerprint density at radius 3 is 2.52 bits per heavy atom. The van der Waals surface area contributed by atoms with Crippen LogP contribution >= 0.6 is 0 Å². The van der Waals surface area contributed by atoms with E-state index in [4.69, 9.17) is 0 Å². The van der Waals surface area contributed by atoms with Crippen LogP contribution in [0.2, 0.25) is 0 Å².